The third-order valence-corrected chi connectivity index (χ3v) is 4.61. The van der Waals surface area contributed by atoms with Crippen LogP contribution >= 0.6 is 23.2 Å². The fourth-order valence-electron chi connectivity index (χ4n) is 2.83. The van der Waals surface area contributed by atoms with E-state index in [0.717, 1.165) is 6.42 Å². The van der Waals surface area contributed by atoms with E-state index in [1.54, 1.807) is 29.2 Å². The molecule has 8 heteroatoms. The number of aromatic nitrogens is 2. The molecule has 0 aliphatic rings. The van der Waals surface area contributed by atoms with Crippen LogP contribution in [0.4, 0.5) is 0 Å². The minimum atomic E-state index is -0.244. The maximum atomic E-state index is 12.8. The van der Waals surface area contributed by atoms with E-state index in [9.17, 15) is 9.59 Å². The van der Waals surface area contributed by atoms with Crippen LogP contribution in [-0.2, 0) is 0 Å². The van der Waals surface area contributed by atoms with Crippen molar-refractivity contribution in [2.45, 2.75) is 33.2 Å². The van der Waals surface area contributed by atoms with E-state index in [2.05, 4.69) is 29.1 Å². The lowest BCUT2D eigenvalue weighted by molar-refractivity contribution is 0.0726. The number of pyridine rings is 2. The molecule has 28 heavy (non-hydrogen) atoms. The van der Waals surface area contributed by atoms with Crippen LogP contribution in [0.2, 0.25) is 10.3 Å². The molecular formula is C20H24Cl2N4O2. The van der Waals surface area contributed by atoms with Crippen molar-refractivity contribution >= 4 is 35.0 Å². The van der Waals surface area contributed by atoms with Gasteiger partial charge in [-0.25, -0.2) is 9.97 Å². The van der Waals surface area contributed by atoms with Crippen molar-refractivity contribution in [3.8, 4) is 0 Å². The van der Waals surface area contributed by atoms with Gasteiger partial charge in [-0.15, -0.1) is 0 Å². The van der Waals surface area contributed by atoms with Gasteiger partial charge in [-0.2, -0.15) is 0 Å². The van der Waals surface area contributed by atoms with Gasteiger partial charge in [0.2, 0.25) is 0 Å². The summed E-state index contributed by atoms with van der Waals surface area (Å²) in [4.78, 5) is 35.0. The normalized spacial score (nSPS) is 11.9. The fraction of sp³-hybridized carbons (Fsp3) is 0.400. The minimum Gasteiger partial charge on any atom is -0.347 e. The number of nitrogens with zero attached hydrogens (tertiary/aromatic N) is 3. The Morgan fingerprint density at radius 1 is 1.04 bits per heavy atom. The average Bonchev–Trinajstić information content (AvgIpc) is 2.66. The average molecular weight is 423 g/mol. The molecule has 0 unspecified atom stereocenters. The van der Waals surface area contributed by atoms with Gasteiger partial charge < -0.3 is 10.2 Å². The van der Waals surface area contributed by atoms with E-state index >= 15 is 0 Å². The maximum Gasteiger partial charge on any atom is 0.255 e. The summed E-state index contributed by atoms with van der Waals surface area (Å²) in [6.07, 6.45) is 3.63. The van der Waals surface area contributed by atoms with Crippen molar-refractivity contribution in [3.63, 3.8) is 0 Å². The molecule has 0 saturated carbocycles. The number of nitrogens with one attached hydrogen (secondary N) is 1. The summed E-state index contributed by atoms with van der Waals surface area (Å²) in [6.45, 7) is 6.95. The summed E-state index contributed by atoms with van der Waals surface area (Å²) < 4.78 is 0. The van der Waals surface area contributed by atoms with E-state index in [1.165, 1.54) is 12.4 Å². The van der Waals surface area contributed by atoms with Crippen molar-refractivity contribution in [1.29, 1.82) is 0 Å². The highest BCUT2D eigenvalue weighted by Gasteiger charge is 2.22. The fourth-order valence-corrected chi connectivity index (χ4v) is 3.06. The summed E-state index contributed by atoms with van der Waals surface area (Å²) in [5.41, 5.74) is 0.886. The van der Waals surface area contributed by atoms with Crippen LogP contribution in [0.15, 0.2) is 36.7 Å². The lowest BCUT2D eigenvalue weighted by atomic mass is 10.0. The summed E-state index contributed by atoms with van der Waals surface area (Å²) in [5.74, 6) is -0.0473. The third kappa shape index (κ3) is 6.46. The van der Waals surface area contributed by atoms with Crippen LogP contribution in [0, 0.1) is 5.92 Å². The number of hydrogen-bond acceptors (Lipinski definition) is 4. The number of amides is 2. The minimum absolute atomic E-state index is 0.150. The van der Waals surface area contributed by atoms with Crippen LogP contribution < -0.4 is 5.32 Å². The standard InChI is InChI=1S/C20H24Cl2N4O2/c1-4-26(20(28)15-6-8-18(22)24-11-15)12-16(9-13(2)3)25-19(27)14-5-7-17(21)23-10-14/h5-8,10-11,13,16H,4,9,12H2,1-3H3,(H,25,27)/t16-/m0/s1. The number of carbonyl (C=O) groups is 2. The Bertz CT molecular complexity index is 795. The topological polar surface area (TPSA) is 75.2 Å². The van der Waals surface area contributed by atoms with Gasteiger partial charge in [-0.1, -0.05) is 37.0 Å². The van der Waals surface area contributed by atoms with Crippen LogP contribution in [0.25, 0.3) is 0 Å². The molecule has 6 nitrogen and oxygen atoms in total. The molecule has 2 aromatic heterocycles. The van der Waals surface area contributed by atoms with E-state index < -0.39 is 0 Å². The molecule has 1 atom stereocenters. The molecule has 2 aromatic rings. The second-order valence-corrected chi connectivity index (χ2v) is 7.66. The molecule has 0 aliphatic carbocycles. The van der Waals surface area contributed by atoms with E-state index in [1.807, 2.05) is 6.92 Å². The first-order chi connectivity index (χ1) is 13.3. The van der Waals surface area contributed by atoms with E-state index in [0.29, 0.717) is 40.4 Å². The Morgan fingerprint density at radius 2 is 1.61 bits per heavy atom. The predicted molar refractivity (Wildman–Crippen MR) is 111 cm³/mol. The van der Waals surface area contributed by atoms with Gasteiger partial charge >= 0.3 is 0 Å². The first-order valence-electron chi connectivity index (χ1n) is 9.13. The van der Waals surface area contributed by atoms with Crippen molar-refractivity contribution in [2.24, 2.45) is 5.92 Å². The molecule has 0 bridgehead atoms. The number of halogens is 2. The molecule has 0 aliphatic heterocycles. The first-order valence-corrected chi connectivity index (χ1v) is 9.89. The van der Waals surface area contributed by atoms with E-state index in [-0.39, 0.29) is 17.9 Å². The van der Waals surface area contributed by atoms with Crippen molar-refractivity contribution < 1.29 is 9.59 Å². The molecule has 150 valence electrons. The molecule has 1 N–H and O–H groups in total. The number of likely N-dealkylation sites (N-methyl/N-ethyl adjacent to an activating group) is 1. The quantitative estimate of drug-likeness (QED) is 0.649. The molecule has 0 aromatic carbocycles. The molecule has 2 rings (SSSR count). The van der Waals surface area contributed by atoms with Crippen LogP contribution in [0.5, 0.6) is 0 Å². The maximum absolute atomic E-state index is 12.8. The van der Waals surface area contributed by atoms with Crippen molar-refractivity contribution in [3.05, 3.63) is 58.1 Å². The number of carbonyl (C=O) groups excluding carboxylic acids is 2. The Morgan fingerprint density at radius 3 is 2.07 bits per heavy atom. The van der Waals surface area contributed by atoms with E-state index in [4.69, 9.17) is 23.2 Å². The van der Waals surface area contributed by atoms with Crippen LogP contribution in [0.3, 0.4) is 0 Å². The lowest BCUT2D eigenvalue weighted by Crippen LogP contribution is -2.46. The third-order valence-electron chi connectivity index (χ3n) is 4.16. The molecule has 0 radical (unpaired) electrons. The van der Waals surface area contributed by atoms with Crippen LogP contribution in [0.1, 0.15) is 47.9 Å². The number of rotatable bonds is 8. The Balaban J connectivity index is 2.12. The first kappa shape index (κ1) is 22.1. The predicted octanol–water partition coefficient (Wildman–Crippen LogP) is 4.09. The molecule has 2 amide bonds. The smallest absolute Gasteiger partial charge is 0.255 e. The highest BCUT2D eigenvalue weighted by molar-refractivity contribution is 6.29. The molecule has 2 heterocycles. The molecule has 0 spiro atoms. The largest absolute Gasteiger partial charge is 0.347 e. The summed E-state index contributed by atoms with van der Waals surface area (Å²) in [6, 6.07) is 6.23. The van der Waals surface area contributed by atoms with Crippen molar-refractivity contribution in [1.82, 2.24) is 20.2 Å². The summed E-state index contributed by atoms with van der Waals surface area (Å²) in [7, 11) is 0. The zero-order chi connectivity index (χ0) is 20.7. The van der Waals surface area contributed by atoms with Gasteiger partial charge in [0.25, 0.3) is 11.8 Å². The lowest BCUT2D eigenvalue weighted by Gasteiger charge is -2.28. The Hall–Kier alpha value is -2.18. The van der Waals surface area contributed by atoms with Crippen molar-refractivity contribution in [2.75, 3.05) is 13.1 Å². The monoisotopic (exact) mass is 422 g/mol. The zero-order valence-corrected chi connectivity index (χ0v) is 17.7. The van der Waals surface area contributed by atoms with Gasteiger partial charge in [0, 0.05) is 31.5 Å². The van der Waals surface area contributed by atoms with Gasteiger partial charge in [0.15, 0.2) is 0 Å². The Labute approximate surface area is 175 Å². The molecule has 0 fully saturated rings. The number of hydrogen-bond donors (Lipinski definition) is 1. The summed E-state index contributed by atoms with van der Waals surface area (Å²) in [5, 5.41) is 3.67. The van der Waals surface area contributed by atoms with Gasteiger partial charge in [0.1, 0.15) is 10.3 Å². The highest BCUT2D eigenvalue weighted by atomic mass is 35.5. The summed E-state index contributed by atoms with van der Waals surface area (Å²) >= 11 is 11.6. The van der Waals surface area contributed by atoms with Gasteiger partial charge in [-0.3, -0.25) is 9.59 Å². The van der Waals surface area contributed by atoms with Gasteiger partial charge in [-0.05, 0) is 43.5 Å². The second kappa shape index (κ2) is 10.4. The van der Waals surface area contributed by atoms with Crippen LogP contribution in [-0.4, -0.2) is 45.8 Å². The highest BCUT2D eigenvalue weighted by Crippen LogP contribution is 2.13. The van der Waals surface area contributed by atoms with Gasteiger partial charge in [0.05, 0.1) is 11.1 Å². The molecular weight excluding hydrogens is 399 g/mol. The molecule has 0 saturated heterocycles. The second-order valence-electron chi connectivity index (χ2n) is 6.88. The Kier molecular flexibility index (Phi) is 8.20. The SMILES string of the molecule is CCN(C[C@H](CC(C)C)NC(=O)c1ccc(Cl)nc1)C(=O)c1ccc(Cl)nc1. The zero-order valence-electron chi connectivity index (χ0n) is 16.2.